The van der Waals surface area contributed by atoms with Crippen LogP contribution < -0.4 is 14.8 Å². The fraction of sp³-hybridized carbons (Fsp3) is 0.176. The highest BCUT2D eigenvalue weighted by atomic mass is 79.9. The topological polar surface area (TPSA) is 73.9 Å². The molecule has 0 aliphatic rings. The number of nitrogens with one attached hydrogen (secondary N) is 1. The van der Waals surface area contributed by atoms with E-state index >= 15 is 0 Å². The summed E-state index contributed by atoms with van der Waals surface area (Å²) in [4.78, 5) is 23.4. The van der Waals surface area contributed by atoms with Crippen molar-refractivity contribution in [1.29, 1.82) is 0 Å². The van der Waals surface area contributed by atoms with Gasteiger partial charge in [-0.1, -0.05) is 27.5 Å². The third-order valence-corrected chi connectivity index (χ3v) is 3.79. The molecule has 0 aliphatic carbocycles. The molecule has 0 fully saturated rings. The second-order valence-electron chi connectivity index (χ2n) is 4.80. The van der Waals surface area contributed by atoms with Gasteiger partial charge in [-0.05, 0) is 42.5 Å². The summed E-state index contributed by atoms with van der Waals surface area (Å²) >= 11 is 9.26. The number of hydrogen-bond donors (Lipinski definition) is 1. The van der Waals surface area contributed by atoms with Gasteiger partial charge in [-0.3, -0.25) is 4.79 Å². The molecule has 2 aromatic rings. The van der Waals surface area contributed by atoms with Gasteiger partial charge in [0.05, 0.1) is 17.8 Å². The lowest BCUT2D eigenvalue weighted by Crippen LogP contribution is -2.23. The number of carbonyl (C=O) groups is 2. The highest BCUT2D eigenvalue weighted by Crippen LogP contribution is 2.25. The predicted octanol–water partition coefficient (Wildman–Crippen LogP) is 3.67. The number of anilines is 1. The van der Waals surface area contributed by atoms with Gasteiger partial charge in [0.1, 0.15) is 11.5 Å². The van der Waals surface area contributed by atoms with Crippen LogP contribution in [-0.4, -0.2) is 32.2 Å². The first-order chi connectivity index (χ1) is 12.0. The Morgan fingerprint density at radius 2 is 1.76 bits per heavy atom. The van der Waals surface area contributed by atoms with Crippen LogP contribution in [0.3, 0.4) is 0 Å². The van der Waals surface area contributed by atoms with Crippen LogP contribution in [0.15, 0.2) is 46.9 Å². The molecule has 1 amide bonds. The second kappa shape index (κ2) is 9.29. The largest absolute Gasteiger partial charge is 0.497 e. The number of amides is 1. The molecule has 0 saturated heterocycles. The molecule has 2 aromatic carbocycles. The van der Waals surface area contributed by atoms with Crippen molar-refractivity contribution in [1.82, 2.24) is 0 Å². The molecule has 0 unspecified atom stereocenters. The number of carbonyl (C=O) groups excluding carboxylic acids is 2. The molecule has 0 atom stereocenters. The summed E-state index contributed by atoms with van der Waals surface area (Å²) < 4.78 is 15.9. The molecule has 8 heteroatoms. The monoisotopic (exact) mass is 427 g/mol. The minimum absolute atomic E-state index is 0.307. The van der Waals surface area contributed by atoms with Crippen molar-refractivity contribution in [3.05, 3.63) is 52.0 Å². The van der Waals surface area contributed by atoms with Crippen LogP contribution in [0.25, 0.3) is 0 Å². The van der Waals surface area contributed by atoms with E-state index in [-0.39, 0.29) is 6.61 Å². The fourth-order valence-corrected chi connectivity index (χ4v) is 2.50. The molecule has 132 valence electrons. The lowest BCUT2D eigenvalue weighted by molar-refractivity contribution is -0.149. The van der Waals surface area contributed by atoms with E-state index in [0.717, 1.165) is 4.47 Å². The van der Waals surface area contributed by atoms with E-state index in [1.165, 1.54) is 0 Å². The lowest BCUT2D eigenvalue weighted by Gasteiger charge is -2.09. The average Bonchev–Trinajstić information content (AvgIpc) is 2.61. The highest BCUT2D eigenvalue weighted by molar-refractivity contribution is 9.10. The standard InChI is InChI=1S/C17H15BrClNO5/c1-23-12-3-5-13(6-4-12)24-10-17(22)25-9-16(21)20-15-7-2-11(18)8-14(15)19/h2-8H,9-10H2,1H3,(H,20,21). The van der Waals surface area contributed by atoms with Crippen LogP contribution in [0, 0.1) is 0 Å². The average molecular weight is 429 g/mol. The first kappa shape index (κ1) is 19.1. The molecule has 0 spiro atoms. The van der Waals surface area contributed by atoms with Crippen molar-refractivity contribution in [2.24, 2.45) is 0 Å². The maximum atomic E-state index is 11.8. The molecule has 6 nitrogen and oxygen atoms in total. The van der Waals surface area contributed by atoms with Gasteiger partial charge in [0.25, 0.3) is 5.91 Å². The van der Waals surface area contributed by atoms with E-state index < -0.39 is 18.5 Å². The predicted molar refractivity (Wildman–Crippen MR) is 97.2 cm³/mol. The normalized spacial score (nSPS) is 10.0. The molecular weight excluding hydrogens is 414 g/mol. The summed E-state index contributed by atoms with van der Waals surface area (Å²) in [6, 6.07) is 11.7. The Morgan fingerprint density at radius 3 is 2.40 bits per heavy atom. The lowest BCUT2D eigenvalue weighted by atomic mass is 10.3. The molecule has 0 bridgehead atoms. The van der Waals surface area contributed by atoms with Gasteiger partial charge in [-0.25, -0.2) is 4.79 Å². The van der Waals surface area contributed by atoms with E-state index in [4.69, 9.17) is 25.8 Å². The Hall–Kier alpha value is -2.25. The molecular formula is C17H15BrClNO5. The third-order valence-electron chi connectivity index (χ3n) is 2.99. The fourth-order valence-electron chi connectivity index (χ4n) is 1.78. The number of hydrogen-bond acceptors (Lipinski definition) is 5. The first-order valence-corrected chi connectivity index (χ1v) is 8.32. The number of esters is 1. The van der Waals surface area contributed by atoms with Crippen LogP contribution in [0.2, 0.25) is 5.02 Å². The van der Waals surface area contributed by atoms with Crippen molar-refractivity contribution in [3.63, 3.8) is 0 Å². The summed E-state index contributed by atoms with van der Waals surface area (Å²) in [5.74, 6) is 0.0111. The van der Waals surface area contributed by atoms with Gasteiger partial charge in [0, 0.05) is 4.47 Å². The van der Waals surface area contributed by atoms with Crippen LogP contribution in [0.1, 0.15) is 0 Å². The summed E-state index contributed by atoms with van der Waals surface area (Å²) in [5.41, 5.74) is 0.431. The Morgan fingerprint density at radius 1 is 1.08 bits per heavy atom. The van der Waals surface area contributed by atoms with Crippen molar-refractivity contribution in [2.75, 3.05) is 25.6 Å². The van der Waals surface area contributed by atoms with Gasteiger partial charge in [0.15, 0.2) is 13.2 Å². The molecule has 0 radical (unpaired) electrons. The maximum absolute atomic E-state index is 11.8. The van der Waals surface area contributed by atoms with E-state index in [1.807, 2.05) is 0 Å². The number of methoxy groups -OCH3 is 1. The van der Waals surface area contributed by atoms with Crippen LogP contribution >= 0.6 is 27.5 Å². The minimum atomic E-state index is -0.659. The SMILES string of the molecule is COc1ccc(OCC(=O)OCC(=O)Nc2ccc(Br)cc2Cl)cc1. The zero-order valence-corrected chi connectivity index (χ0v) is 15.6. The van der Waals surface area contributed by atoms with Gasteiger partial charge < -0.3 is 19.5 Å². The molecule has 0 heterocycles. The summed E-state index contributed by atoms with van der Waals surface area (Å²) in [7, 11) is 1.56. The van der Waals surface area contributed by atoms with E-state index in [9.17, 15) is 9.59 Å². The van der Waals surface area contributed by atoms with Crippen LogP contribution in [-0.2, 0) is 14.3 Å². The number of rotatable bonds is 7. The highest BCUT2D eigenvalue weighted by Gasteiger charge is 2.10. The van der Waals surface area contributed by atoms with Crippen LogP contribution in [0.5, 0.6) is 11.5 Å². The van der Waals surface area contributed by atoms with E-state index in [1.54, 1.807) is 49.6 Å². The molecule has 2 rings (SSSR count). The second-order valence-corrected chi connectivity index (χ2v) is 6.12. The Labute approximate surface area is 158 Å². The first-order valence-electron chi connectivity index (χ1n) is 7.15. The maximum Gasteiger partial charge on any atom is 0.344 e. The van der Waals surface area contributed by atoms with Gasteiger partial charge in [0.2, 0.25) is 0 Å². The van der Waals surface area contributed by atoms with Crippen molar-refractivity contribution < 1.29 is 23.8 Å². The van der Waals surface area contributed by atoms with E-state index in [2.05, 4.69) is 21.2 Å². The molecule has 1 N–H and O–H groups in total. The van der Waals surface area contributed by atoms with Crippen molar-refractivity contribution in [2.45, 2.75) is 0 Å². The summed E-state index contributed by atoms with van der Waals surface area (Å²) in [6.45, 7) is -0.740. The summed E-state index contributed by atoms with van der Waals surface area (Å²) in [6.07, 6.45) is 0. The molecule has 0 aromatic heterocycles. The Balaban J connectivity index is 1.74. The Kier molecular flexibility index (Phi) is 7.09. The Bertz CT molecular complexity index is 751. The van der Waals surface area contributed by atoms with Crippen molar-refractivity contribution >= 4 is 45.1 Å². The van der Waals surface area contributed by atoms with Crippen molar-refractivity contribution in [3.8, 4) is 11.5 Å². The van der Waals surface area contributed by atoms with Gasteiger partial charge in [-0.2, -0.15) is 0 Å². The molecule has 0 aliphatic heterocycles. The summed E-state index contributed by atoms with van der Waals surface area (Å²) in [5, 5.41) is 2.93. The smallest absolute Gasteiger partial charge is 0.344 e. The quantitative estimate of drug-likeness (QED) is 0.681. The van der Waals surface area contributed by atoms with Crippen LogP contribution in [0.4, 0.5) is 5.69 Å². The van der Waals surface area contributed by atoms with E-state index in [0.29, 0.717) is 22.2 Å². The molecule has 25 heavy (non-hydrogen) atoms. The van der Waals surface area contributed by atoms with Gasteiger partial charge >= 0.3 is 5.97 Å². The number of ether oxygens (including phenoxy) is 3. The number of halogens is 2. The zero-order valence-electron chi connectivity index (χ0n) is 13.3. The third kappa shape index (κ3) is 6.28. The molecule has 0 saturated carbocycles. The zero-order chi connectivity index (χ0) is 18.2. The van der Waals surface area contributed by atoms with Gasteiger partial charge in [-0.15, -0.1) is 0 Å². The number of benzene rings is 2. The minimum Gasteiger partial charge on any atom is -0.497 e.